The third-order valence-corrected chi connectivity index (χ3v) is 4.96. The Kier molecular flexibility index (Phi) is 6.13. The van der Waals surface area contributed by atoms with E-state index in [0.29, 0.717) is 19.4 Å². The molecule has 0 aliphatic carbocycles. The first-order valence-electron chi connectivity index (χ1n) is 9.97. The number of aromatic nitrogens is 1. The molecular weight excluding hydrogens is 380 g/mol. The Bertz CT molecular complexity index is 990. The van der Waals surface area contributed by atoms with Crippen molar-refractivity contribution in [2.45, 2.75) is 32.4 Å². The number of hydrogen-bond acceptors (Lipinski definition) is 5. The zero-order valence-electron chi connectivity index (χ0n) is 16.8. The predicted octanol–water partition coefficient (Wildman–Crippen LogP) is 4.20. The average molecular weight is 404 g/mol. The number of carbonyl (C=O) groups excluding carboxylic acids is 1. The Morgan fingerprint density at radius 3 is 2.73 bits per heavy atom. The molecule has 0 saturated heterocycles. The van der Waals surface area contributed by atoms with Crippen LogP contribution in [0.25, 0.3) is 0 Å². The first-order valence-corrected chi connectivity index (χ1v) is 9.97. The molecule has 3 aromatic rings. The van der Waals surface area contributed by atoms with Gasteiger partial charge in [0.2, 0.25) is 12.7 Å². The molecule has 1 N–H and O–H groups in total. The average Bonchev–Trinajstić information content (AvgIpc) is 3.25. The Morgan fingerprint density at radius 2 is 1.93 bits per heavy atom. The SMILES string of the molecule is CC(NC(=O)CCc1ccc2c(c1)OCO2)c1ccc(OCc2cccnc2)cc1. The van der Waals surface area contributed by atoms with Gasteiger partial charge in [-0.2, -0.15) is 0 Å². The smallest absolute Gasteiger partial charge is 0.231 e. The fraction of sp³-hybridized carbons (Fsp3) is 0.250. The van der Waals surface area contributed by atoms with Gasteiger partial charge < -0.3 is 19.5 Å². The number of nitrogens with zero attached hydrogens (tertiary/aromatic N) is 1. The second kappa shape index (κ2) is 9.31. The van der Waals surface area contributed by atoms with Crippen molar-refractivity contribution in [3.05, 3.63) is 83.7 Å². The molecule has 2 heterocycles. The van der Waals surface area contributed by atoms with Crippen LogP contribution in [0.4, 0.5) is 0 Å². The molecule has 6 nitrogen and oxygen atoms in total. The Labute approximate surface area is 175 Å². The van der Waals surface area contributed by atoms with Crippen LogP contribution in [0, 0.1) is 0 Å². The molecular formula is C24H24N2O4. The van der Waals surface area contributed by atoms with Gasteiger partial charge in [-0.3, -0.25) is 9.78 Å². The molecule has 0 bridgehead atoms. The lowest BCUT2D eigenvalue weighted by molar-refractivity contribution is -0.121. The van der Waals surface area contributed by atoms with Gasteiger partial charge in [0.15, 0.2) is 11.5 Å². The largest absolute Gasteiger partial charge is 0.489 e. The van der Waals surface area contributed by atoms with E-state index in [4.69, 9.17) is 14.2 Å². The Hall–Kier alpha value is -3.54. The van der Waals surface area contributed by atoms with Crippen LogP contribution in [0.1, 0.15) is 36.1 Å². The third kappa shape index (κ3) is 5.08. The van der Waals surface area contributed by atoms with Gasteiger partial charge in [0.25, 0.3) is 0 Å². The maximum Gasteiger partial charge on any atom is 0.231 e. The monoisotopic (exact) mass is 404 g/mol. The van der Waals surface area contributed by atoms with Crippen LogP contribution in [0.2, 0.25) is 0 Å². The van der Waals surface area contributed by atoms with Crippen molar-refractivity contribution in [1.82, 2.24) is 10.3 Å². The number of amides is 1. The second-order valence-corrected chi connectivity index (χ2v) is 7.20. The third-order valence-electron chi connectivity index (χ3n) is 4.96. The standard InChI is InChI=1S/C24H24N2O4/c1-17(20-6-8-21(9-7-20)28-15-19-3-2-12-25-14-19)26-24(27)11-5-18-4-10-22-23(13-18)30-16-29-22/h2-4,6-10,12-14,17H,5,11,15-16H2,1H3,(H,26,27). The Morgan fingerprint density at radius 1 is 1.10 bits per heavy atom. The van der Waals surface area contributed by atoms with Gasteiger partial charge in [-0.05, 0) is 54.8 Å². The molecule has 6 heteroatoms. The molecule has 30 heavy (non-hydrogen) atoms. The zero-order valence-corrected chi connectivity index (χ0v) is 16.8. The number of aryl methyl sites for hydroxylation is 1. The summed E-state index contributed by atoms with van der Waals surface area (Å²) in [4.78, 5) is 16.4. The van der Waals surface area contributed by atoms with Crippen LogP contribution >= 0.6 is 0 Å². The van der Waals surface area contributed by atoms with Crippen molar-refractivity contribution in [2.24, 2.45) is 0 Å². The summed E-state index contributed by atoms with van der Waals surface area (Å²) in [5.74, 6) is 2.29. The minimum absolute atomic E-state index is 0.0112. The first kappa shape index (κ1) is 19.8. The van der Waals surface area contributed by atoms with E-state index < -0.39 is 0 Å². The first-order chi connectivity index (χ1) is 14.7. The van der Waals surface area contributed by atoms with E-state index in [1.807, 2.05) is 61.5 Å². The van der Waals surface area contributed by atoms with Crippen LogP contribution < -0.4 is 19.5 Å². The van der Waals surface area contributed by atoms with Gasteiger partial charge in [-0.1, -0.05) is 24.3 Å². The van der Waals surface area contributed by atoms with E-state index >= 15 is 0 Å². The number of rotatable bonds is 8. The number of hydrogen-bond donors (Lipinski definition) is 1. The summed E-state index contributed by atoms with van der Waals surface area (Å²) in [5.41, 5.74) is 3.10. The van der Waals surface area contributed by atoms with E-state index in [0.717, 1.165) is 33.9 Å². The fourth-order valence-corrected chi connectivity index (χ4v) is 3.25. The van der Waals surface area contributed by atoms with Crippen molar-refractivity contribution >= 4 is 5.91 Å². The van der Waals surface area contributed by atoms with Crippen molar-refractivity contribution in [3.8, 4) is 17.2 Å². The number of benzene rings is 2. The highest BCUT2D eigenvalue weighted by atomic mass is 16.7. The van der Waals surface area contributed by atoms with Crippen LogP contribution in [0.5, 0.6) is 17.2 Å². The van der Waals surface area contributed by atoms with Crippen LogP contribution in [-0.4, -0.2) is 17.7 Å². The molecule has 1 amide bonds. The van der Waals surface area contributed by atoms with Gasteiger partial charge in [0.05, 0.1) is 6.04 Å². The highest BCUT2D eigenvalue weighted by Crippen LogP contribution is 2.32. The number of pyridine rings is 1. The summed E-state index contributed by atoms with van der Waals surface area (Å²) in [6, 6.07) is 17.3. The van der Waals surface area contributed by atoms with E-state index in [-0.39, 0.29) is 18.7 Å². The maximum absolute atomic E-state index is 12.4. The van der Waals surface area contributed by atoms with Gasteiger partial charge in [0, 0.05) is 24.4 Å². The minimum Gasteiger partial charge on any atom is -0.489 e. The number of fused-ring (bicyclic) bond motifs is 1. The highest BCUT2D eigenvalue weighted by Gasteiger charge is 2.14. The van der Waals surface area contributed by atoms with Crippen molar-refractivity contribution in [2.75, 3.05) is 6.79 Å². The zero-order chi connectivity index (χ0) is 20.8. The molecule has 1 unspecified atom stereocenters. The summed E-state index contributed by atoms with van der Waals surface area (Å²) in [6.45, 7) is 2.70. The van der Waals surface area contributed by atoms with E-state index in [1.165, 1.54) is 0 Å². The molecule has 1 atom stereocenters. The molecule has 0 fully saturated rings. The summed E-state index contributed by atoms with van der Waals surface area (Å²) in [5, 5.41) is 3.05. The summed E-state index contributed by atoms with van der Waals surface area (Å²) in [6.07, 6.45) is 4.59. The van der Waals surface area contributed by atoms with E-state index in [9.17, 15) is 4.79 Å². The number of carbonyl (C=O) groups is 1. The number of nitrogens with one attached hydrogen (secondary N) is 1. The molecule has 1 aliphatic rings. The quantitative estimate of drug-likeness (QED) is 0.609. The molecule has 0 radical (unpaired) electrons. The van der Waals surface area contributed by atoms with Crippen molar-refractivity contribution in [3.63, 3.8) is 0 Å². The molecule has 154 valence electrons. The predicted molar refractivity (Wildman–Crippen MR) is 112 cm³/mol. The lowest BCUT2D eigenvalue weighted by Crippen LogP contribution is -2.26. The van der Waals surface area contributed by atoms with Crippen LogP contribution in [-0.2, 0) is 17.8 Å². The van der Waals surface area contributed by atoms with E-state index in [2.05, 4.69) is 10.3 Å². The number of ether oxygens (including phenoxy) is 3. The lowest BCUT2D eigenvalue weighted by atomic mass is 10.1. The van der Waals surface area contributed by atoms with Crippen LogP contribution in [0.15, 0.2) is 67.0 Å². The Balaban J connectivity index is 1.24. The molecule has 0 spiro atoms. The van der Waals surface area contributed by atoms with E-state index in [1.54, 1.807) is 12.4 Å². The molecule has 0 saturated carbocycles. The van der Waals surface area contributed by atoms with Gasteiger partial charge >= 0.3 is 0 Å². The van der Waals surface area contributed by atoms with Crippen molar-refractivity contribution < 1.29 is 19.0 Å². The topological polar surface area (TPSA) is 69.7 Å². The summed E-state index contributed by atoms with van der Waals surface area (Å²) in [7, 11) is 0. The fourth-order valence-electron chi connectivity index (χ4n) is 3.25. The minimum atomic E-state index is -0.0818. The molecule has 2 aromatic carbocycles. The normalized spacial score (nSPS) is 13.0. The van der Waals surface area contributed by atoms with Gasteiger partial charge in [0.1, 0.15) is 12.4 Å². The molecule has 1 aliphatic heterocycles. The van der Waals surface area contributed by atoms with Crippen molar-refractivity contribution in [1.29, 1.82) is 0 Å². The molecule has 4 rings (SSSR count). The summed E-state index contributed by atoms with van der Waals surface area (Å²) < 4.78 is 16.5. The maximum atomic E-state index is 12.4. The molecule has 1 aromatic heterocycles. The van der Waals surface area contributed by atoms with Gasteiger partial charge in [-0.15, -0.1) is 0 Å². The lowest BCUT2D eigenvalue weighted by Gasteiger charge is -2.15. The summed E-state index contributed by atoms with van der Waals surface area (Å²) >= 11 is 0. The van der Waals surface area contributed by atoms with Crippen LogP contribution in [0.3, 0.4) is 0 Å². The highest BCUT2D eigenvalue weighted by molar-refractivity contribution is 5.76. The van der Waals surface area contributed by atoms with Gasteiger partial charge in [-0.25, -0.2) is 0 Å². The second-order valence-electron chi connectivity index (χ2n) is 7.20.